The summed E-state index contributed by atoms with van der Waals surface area (Å²) < 4.78 is 50.8. The predicted octanol–water partition coefficient (Wildman–Crippen LogP) is 4.77. The van der Waals surface area contributed by atoms with Gasteiger partial charge in [0.15, 0.2) is 5.78 Å². The molecule has 1 nitrogen and oxygen atoms in total. The Balaban J connectivity index is 2.26. The van der Waals surface area contributed by atoms with Crippen LogP contribution in [0.15, 0.2) is 29.8 Å². The van der Waals surface area contributed by atoms with Gasteiger partial charge in [-0.15, -0.1) is 0 Å². The SMILES string of the molecule is CC1CC=C(C(=O)c2ccc(C(F)(F)F)c(F)c2)CC1. The van der Waals surface area contributed by atoms with Crippen LogP contribution in [-0.4, -0.2) is 5.78 Å². The van der Waals surface area contributed by atoms with Gasteiger partial charge < -0.3 is 0 Å². The molecule has 0 spiro atoms. The van der Waals surface area contributed by atoms with Crippen molar-refractivity contribution in [2.75, 3.05) is 0 Å². The molecule has 0 saturated heterocycles. The Hall–Kier alpha value is -1.65. The van der Waals surface area contributed by atoms with Crippen LogP contribution < -0.4 is 0 Å². The highest BCUT2D eigenvalue weighted by Gasteiger charge is 2.34. The second-order valence-corrected chi connectivity index (χ2v) is 5.13. The summed E-state index contributed by atoms with van der Waals surface area (Å²) in [5, 5.41) is 0. The number of alkyl halides is 3. The van der Waals surface area contributed by atoms with Crippen molar-refractivity contribution in [2.45, 2.75) is 32.4 Å². The lowest BCUT2D eigenvalue weighted by molar-refractivity contribution is -0.140. The van der Waals surface area contributed by atoms with E-state index in [0.29, 0.717) is 30.0 Å². The highest BCUT2D eigenvalue weighted by molar-refractivity contribution is 6.08. The average Bonchev–Trinajstić information content (AvgIpc) is 2.37. The van der Waals surface area contributed by atoms with Gasteiger partial charge in [0.2, 0.25) is 0 Å². The number of allylic oxidation sites excluding steroid dienone is 2. The van der Waals surface area contributed by atoms with Crippen LogP contribution in [0.2, 0.25) is 0 Å². The molecule has 1 unspecified atom stereocenters. The van der Waals surface area contributed by atoms with Gasteiger partial charge in [-0.1, -0.05) is 19.1 Å². The zero-order valence-electron chi connectivity index (χ0n) is 10.9. The Morgan fingerprint density at radius 3 is 2.50 bits per heavy atom. The molecule has 2 rings (SSSR count). The topological polar surface area (TPSA) is 17.1 Å². The summed E-state index contributed by atoms with van der Waals surface area (Å²) >= 11 is 0. The third kappa shape index (κ3) is 3.08. The van der Waals surface area contributed by atoms with Crippen LogP contribution in [0, 0.1) is 11.7 Å². The monoisotopic (exact) mass is 286 g/mol. The van der Waals surface area contributed by atoms with Crippen molar-refractivity contribution in [1.29, 1.82) is 0 Å². The lowest BCUT2D eigenvalue weighted by Gasteiger charge is -2.17. The fraction of sp³-hybridized carbons (Fsp3) is 0.400. The number of ketones is 1. The first-order chi connectivity index (χ1) is 9.29. The smallest absolute Gasteiger partial charge is 0.289 e. The average molecular weight is 286 g/mol. The molecule has 0 N–H and O–H groups in total. The fourth-order valence-electron chi connectivity index (χ4n) is 2.24. The minimum Gasteiger partial charge on any atom is -0.289 e. The van der Waals surface area contributed by atoms with Crippen LogP contribution in [0.4, 0.5) is 17.6 Å². The van der Waals surface area contributed by atoms with Gasteiger partial charge in [0, 0.05) is 5.56 Å². The molecule has 1 aliphatic carbocycles. The summed E-state index contributed by atoms with van der Waals surface area (Å²) in [5.74, 6) is -1.30. The molecule has 5 heteroatoms. The van der Waals surface area contributed by atoms with Crippen molar-refractivity contribution in [3.63, 3.8) is 0 Å². The number of halogens is 4. The molecule has 0 radical (unpaired) electrons. The lowest BCUT2D eigenvalue weighted by Crippen LogP contribution is -2.12. The van der Waals surface area contributed by atoms with Crippen molar-refractivity contribution < 1.29 is 22.4 Å². The van der Waals surface area contributed by atoms with Crippen molar-refractivity contribution in [1.82, 2.24) is 0 Å². The molecule has 0 bridgehead atoms. The minimum absolute atomic E-state index is 0.0312. The molecule has 1 aliphatic rings. The highest BCUT2D eigenvalue weighted by atomic mass is 19.4. The van der Waals surface area contributed by atoms with Gasteiger partial charge in [-0.25, -0.2) is 4.39 Å². The van der Waals surface area contributed by atoms with Gasteiger partial charge in [-0.3, -0.25) is 4.79 Å². The first-order valence-electron chi connectivity index (χ1n) is 6.39. The number of benzene rings is 1. The second-order valence-electron chi connectivity index (χ2n) is 5.13. The van der Waals surface area contributed by atoms with Crippen LogP contribution in [0.5, 0.6) is 0 Å². The first kappa shape index (κ1) is 14.8. The van der Waals surface area contributed by atoms with Gasteiger partial charge in [0.05, 0.1) is 5.56 Å². The summed E-state index contributed by atoms with van der Waals surface area (Å²) in [5.41, 5.74) is -0.821. The van der Waals surface area contributed by atoms with Crippen LogP contribution in [0.3, 0.4) is 0 Å². The Kier molecular flexibility index (Phi) is 3.97. The Labute approximate surface area is 114 Å². The van der Waals surface area contributed by atoms with Gasteiger partial charge in [-0.2, -0.15) is 13.2 Å². The minimum atomic E-state index is -4.74. The number of hydrogen-bond acceptors (Lipinski definition) is 1. The first-order valence-corrected chi connectivity index (χ1v) is 6.39. The third-order valence-electron chi connectivity index (χ3n) is 3.50. The van der Waals surface area contributed by atoms with Crippen molar-refractivity contribution in [3.8, 4) is 0 Å². The number of rotatable bonds is 2. The molecule has 0 aliphatic heterocycles. The normalized spacial score (nSPS) is 19.6. The van der Waals surface area contributed by atoms with Crippen molar-refractivity contribution in [3.05, 3.63) is 46.8 Å². The van der Waals surface area contributed by atoms with Gasteiger partial charge in [0.25, 0.3) is 0 Å². The standard InChI is InChI=1S/C15H14F4O/c1-9-2-4-10(5-3-9)14(20)11-6-7-12(13(16)8-11)15(17,18)19/h4,6-9H,2-3,5H2,1H3. The molecule has 0 heterocycles. The molecular weight excluding hydrogens is 272 g/mol. The fourth-order valence-corrected chi connectivity index (χ4v) is 2.24. The predicted molar refractivity (Wildman–Crippen MR) is 66.8 cm³/mol. The van der Waals surface area contributed by atoms with Crippen LogP contribution in [0.1, 0.15) is 42.1 Å². The molecule has 20 heavy (non-hydrogen) atoms. The largest absolute Gasteiger partial charge is 0.419 e. The van der Waals surface area contributed by atoms with Gasteiger partial charge in [0.1, 0.15) is 5.82 Å². The van der Waals surface area contributed by atoms with Crippen LogP contribution >= 0.6 is 0 Å². The van der Waals surface area contributed by atoms with Gasteiger partial charge in [-0.05, 0) is 42.9 Å². The van der Waals surface area contributed by atoms with E-state index in [1.807, 2.05) is 0 Å². The van der Waals surface area contributed by atoms with E-state index >= 15 is 0 Å². The lowest BCUT2D eigenvalue weighted by atomic mass is 9.87. The van der Waals surface area contributed by atoms with E-state index < -0.39 is 17.6 Å². The number of Topliss-reactive ketones (excluding diaryl/α,β-unsaturated/α-hetero) is 1. The summed E-state index contributed by atoms with van der Waals surface area (Å²) in [6.07, 6.45) is -0.731. The second kappa shape index (κ2) is 5.38. The Morgan fingerprint density at radius 1 is 1.30 bits per heavy atom. The molecular formula is C15H14F4O. The van der Waals surface area contributed by atoms with E-state index in [2.05, 4.69) is 6.92 Å². The summed E-state index contributed by atoms with van der Waals surface area (Å²) in [6, 6.07) is 2.33. The quantitative estimate of drug-likeness (QED) is 0.565. The highest BCUT2D eigenvalue weighted by Crippen LogP contribution is 2.32. The number of hydrogen-bond donors (Lipinski definition) is 0. The molecule has 0 amide bonds. The summed E-state index contributed by atoms with van der Waals surface area (Å²) in [4.78, 5) is 12.1. The van der Waals surface area contributed by atoms with Crippen molar-refractivity contribution in [2.24, 2.45) is 5.92 Å². The molecule has 0 saturated carbocycles. The Bertz CT molecular complexity index is 557. The zero-order chi connectivity index (χ0) is 14.9. The number of carbonyl (C=O) groups excluding carboxylic acids is 1. The molecule has 108 valence electrons. The molecule has 1 aromatic rings. The van der Waals surface area contributed by atoms with Gasteiger partial charge >= 0.3 is 6.18 Å². The van der Waals surface area contributed by atoms with Crippen LogP contribution in [-0.2, 0) is 6.18 Å². The van der Waals surface area contributed by atoms with E-state index in [-0.39, 0.29) is 11.3 Å². The van der Waals surface area contributed by atoms with E-state index in [0.717, 1.165) is 18.9 Å². The third-order valence-corrected chi connectivity index (χ3v) is 3.50. The maximum Gasteiger partial charge on any atom is 0.419 e. The molecule has 0 fully saturated rings. The summed E-state index contributed by atoms with van der Waals surface area (Å²) in [6.45, 7) is 2.07. The maximum absolute atomic E-state index is 13.4. The Morgan fingerprint density at radius 2 is 2.00 bits per heavy atom. The number of carbonyl (C=O) groups is 1. The zero-order valence-corrected chi connectivity index (χ0v) is 10.9. The van der Waals surface area contributed by atoms with E-state index in [1.165, 1.54) is 0 Å². The van der Waals surface area contributed by atoms with Crippen molar-refractivity contribution >= 4 is 5.78 Å². The maximum atomic E-state index is 13.4. The molecule has 0 aromatic heterocycles. The molecule has 1 atom stereocenters. The molecule has 1 aromatic carbocycles. The summed E-state index contributed by atoms with van der Waals surface area (Å²) in [7, 11) is 0. The van der Waals surface area contributed by atoms with E-state index in [4.69, 9.17) is 0 Å². The van der Waals surface area contributed by atoms with Crippen LogP contribution in [0.25, 0.3) is 0 Å². The van der Waals surface area contributed by atoms with E-state index in [9.17, 15) is 22.4 Å². The van der Waals surface area contributed by atoms with E-state index in [1.54, 1.807) is 6.08 Å².